The molecule has 1 saturated heterocycles. The number of aryl methyl sites for hydroxylation is 1. The first kappa shape index (κ1) is 14.1. The minimum absolute atomic E-state index is 0.304. The van der Waals surface area contributed by atoms with Crippen LogP contribution in [0.25, 0.3) is 11.0 Å². The molecule has 1 aromatic carbocycles. The summed E-state index contributed by atoms with van der Waals surface area (Å²) in [6, 6.07) is 3.22. The highest BCUT2D eigenvalue weighted by Crippen LogP contribution is 2.25. The number of alkyl halides is 1. The summed E-state index contributed by atoms with van der Waals surface area (Å²) in [5.41, 5.74) is 1.54. The molecule has 0 radical (unpaired) electrons. The molecular weight excluding hydrogens is 349 g/mol. The quantitative estimate of drug-likeness (QED) is 0.787. The lowest BCUT2D eigenvalue weighted by molar-refractivity contribution is 0.111. The van der Waals surface area contributed by atoms with Crippen molar-refractivity contribution < 1.29 is 9.13 Å². The molecule has 0 N–H and O–H groups in total. The van der Waals surface area contributed by atoms with Crippen molar-refractivity contribution in [2.45, 2.75) is 6.42 Å². The lowest BCUT2D eigenvalue weighted by Crippen LogP contribution is -2.44. The largest absolute Gasteiger partial charge is 0.378 e. The van der Waals surface area contributed by atoms with E-state index in [4.69, 9.17) is 16.3 Å². The fraction of sp³-hybridized carbons (Fsp3) is 0.462. The summed E-state index contributed by atoms with van der Waals surface area (Å²) in [5.74, 6) is 1.04. The molecule has 1 fully saturated rings. The van der Waals surface area contributed by atoms with Crippen molar-refractivity contribution in [3.63, 3.8) is 0 Å². The van der Waals surface area contributed by atoms with Gasteiger partial charge in [-0.1, -0.05) is 0 Å². The van der Waals surface area contributed by atoms with Crippen LogP contribution in [-0.4, -0.2) is 41.8 Å². The number of rotatable bonds is 3. The first-order valence-electron chi connectivity index (χ1n) is 6.46. The highest BCUT2D eigenvalue weighted by molar-refractivity contribution is 9.10. The Hall–Kier alpha value is -0.850. The van der Waals surface area contributed by atoms with Gasteiger partial charge in [-0.25, -0.2) is 14.1 Å². The number of fused-ring (bicyclic) bond motifs is 1. The van der Waals surface area contributed by atoms with Crippen molar-refractivity contribution in [1.82, 2.24) is 9.66 Å². The van der Waals surface area contributed by atoms with Gasteiger partial charge in [0.1, 0.15) is 11.6 Å². The molecule has 20 heavy (non-hydrogen) atoms. The zero-order valence-corrected chi connectivity index (χ0v) is 13.1. The molecule has 1 aliphatic rings. The molecular formula is C13H14BrClFN3O. The van der Waals surface area contributed by atoms with Gasteiger partial charge in [-0.05, 0) is 22.0 Å². The molecule has 3 rings (SSSR count). The molecule has 7 heteroatoms. The molecule has 108 valence electrons. The molecule has 0 spiro atoms. The monoisotopic (exact) mass is 361 g/mol. The molecule has 0 atom stereocenters. The minimum atomic E-state index is -0.304. The van der Waals surface area contributed by atoms with Crippen molar-refractivity contribution in [1.29, 1.82) is 0 Å². The van der Waals surface area contributed by atoms with Crippen molar-refractivity contribution in [3.05, 3.63) is 28.2 Å². The Morgan fingerprint density at radius 3 is 2.80 bits per heavy atom. The number of hydrogen-bond donors (Lipinski definition) is 0. The van der Waals surface area contributed by atoms with Gasteiger partial charge in [0.2, 0.25) is 0 Å². The van der Waals surface area contributed by atoms with Crippen molar-refractivity contribution in [2.24, 2.45) is 0 Å². The average molecular weight is 363 g/mol. The minimum Gasteiger partial charge on any atom is -0.378 e. The van der Waals surface area contributed by atoms with Crippen LogP contribution in [0.5, 0.6) is 0 Å². The topological polar surface area (TPSA) is 30.3 Å². The third-order valence-electron chi connectivity index (χ3n) is 3.33. The molecule has 4 nitrogen and oxygen atoms in total. The summed E-state index contributed by atoms with van der Waals surface area (Å²) in [7, 11) is 0. The fourth-order valence-corrected chi connectivity index (χ4v) is 2.93. The molecule has 2 heterocycles. The maximum absolute atomic E-state index is 13.7. The Morgan fingerprint density at radius 2 is 2.10 bits per heavy atom. The molecule has 0 bridgehead atoms. The Bertz CT molecular complexity index is 628. The van der Waals surface area contributed by atoms with Crippen LogP contribution >= 0.6 is 27.5 Å². The van der Waals surface area contributed by atoms with Crippen LogP contribution < -0.4 is 5.01 Å². The lowest BCUT2D eigenvalue weighted by Gasteiger charge is -2.31. The molecule has 2 aromatic rings. The second kappa shape index (κ2) is 5.87. The van der Waals surface area contributed by atoms with Crippen molar-refractivity contribution in [2.75, 3.05) is 37.2 Å². The van der Waals surface area contributed by atoms with Crippen LogP contribution in [0.15, 0.2) is 16.6 Å². The Balaban J connectivity index is 2.14. The summed E-state index contributed by atoms with van der Waals surface area (Å²) in [6.07, 6.45) is 0.646. The summed E-state index contributed by atoms with van der Waals surface area (Å²) in [5, 5.41) is 2.17. The first-order chi connectivity index (χ1) is 9.70. The van der Waals surface area contributed by atoms with E-state index in [-0.39, 0.29) is 5.82 Å². The highest BCUT2D eigenvalue weighted by atomic mass is 79.9. The maximum atomic E-state index is 13.7. The number of halogens is 3. The molecule has 1 aromatic heterocycles. The van der Waals surface area contributed by atoms with E-state index in [1.165, 1.54) is 6.07 Å². The molecule has 0 aliphatic carbocycles. The predicted molar refractivity (Wildman–Crippen MR) is 80.6 cm³/mol. The Labute approximate surface area is 129 Å². The summed E-state index contributed by atoms with van der Waals surface area (Å²) in [4.78, 5) is 4.51. The van der Waals surface area contributed by atoms with Crippen LogP contribution in [0.2, 0.25) is 0 Å². The number of aromatic nitrogens is 2. The van der Waals surface area contributed by atoms with E-state index in [0.717, 1.165) is 24.4 Å². The smallest absolute Gasteiger partial charge is 0.139 e. The van der Waals surface area contributed by atoms with Crippen LogP contribution in [0.4, 0.5) is 4.39 Å². The van der Waals surface area contributed by atoms with E-state index < -0.39 is 0 Å². The second-order valence-corrected chi connectivity index (χ2v) is 5.83. The Kier molecular flexibility index (Phi) is 4.14. The predicted octanol–water partition coefficient (Wildman–Crippen LogP) is 2.69. The highest BCUT2D eigenvalue weighted by Gasteiger charge is 2.19. The third-order valence-corrected chi connectivity index (χ3v) is 4.12. The molecule has 0 unspecified atom stereocenters. The number of imidazole rings is 1. The first-order valence-corrected chi connectivity index (χ1v) is 7.79. The van der Waals surface area contributed by atoms with E-state index in [1.807, 2.05) is 4.68 Å². The van der Waals surface area contributed by atoms with E-state index in [2.05, 4.69) is 25.9 Å². The lowest BCUT2D eigenvalue weighted by atomic mass is 10.3. The third kappa shape index (κ3) is 2.52. The number of ether oxygens (including phenoxy) is 1. The number of hydrogen-bond acceptors (Lipinski definition) is 3. The second-order valence-electron chi connectivity index (χ2n) is 4.60. The van der Waals surface area contributed by atoms with Gasteiger partial charge < -0.3 is 9.75 Å². The van der Waals surface area contributed by atoms with E-state index in [9.17, 15) is 4.39 Å². The zero-order chi connectivity index (χ0) is 14.1. The van der Waals surface area contributed by atoms with Crippen LogP contribution in [0, 0.1) is 5.82 Å². The van der Waals surface area contributed by atoms with Gasteiger partial charge in [-0.3, -0.25) is 0 Å². The maximum Gasteiger partial charge on any atom is 0.139 e. The van der Waals surface area contributed by atoms with Crippen molar-refractivity contribution >= 4 is 38.6 Å². The number of nitrogens with zero attached hydrogens (tertiary/aromatic N) is 3. The van der Waals surface area contributed by atoms with Gasteiger partial charge in [-0.15, -0.1) is 11.6 Å². The summed E-state index contributed by atoms with van der Waals surface area (Å²) in [6.45, 7) is 2.94. The van der Waals surface area contributed by atoms with E-state index in [1.54, 1.807) is 6.07 Å². The van der Waals surface area contributed by atoms with Crippen LogP contribution in [0.3, 0.4) is 0 Å². The van der Waals surface area contributed by atoms with Gasteiger partial charge in [0.05, 0.1) is 41.8 Å². The fourth-order valence-electron chi connectivity index (χ4n) is 2.43. The summed E-state index contributed by atoms with van der Waals surface area (Å²) < 4.78 is 21.5. The zero-order valence-electron chi connectivity index (χ0n) is 10.8. The van der Waals surface area contributed by atoms with Gasteiger partial charge in [0.25, 0.3) is 0 Å². The SMILES string of the molecule is Fc1cc2nc(CCCl)n(N3CCOCC3)c2cc1Br. The average Bonchev–Trinajstić information content (AvgIpc) is 2.78. The molecule has 0 amide bonds. The van der Waals surface area contributed by atoms with Gasteiger partial charge in [-0.2, -0.15) is 0 Å². The normalized spacial score (nSPS) is 16.1. The van der Waals surface area contributed by atoms with Crippen molar-refractivity contribution in [3.8, 4) is 0 Å². The van der Waals surface area contributed by atoms with Gasteiger partial charge in [0.15, 0.2) is 0 Å². The van der Waals surface area contributed by atoms with Crippen LogP contribution in [0.1, 0.15) is 5.82 Å². The van der Waals surface area contributed by atoms with Gasteiger partial charge >= 0.3 is 0 Å². The molecule has 0 saturated carbocycles. The summed E-state index contributed by atoms with van der Waals surface area (Å²) >= 11 is 9.09. The van der Waals surface area contributed by atoms with E-state index in [0.29, 0.717) is 35.5 Å². The van der Waals surface area contributed by atoms with E-state index >= 15 is 0 Å². The molecule has 1 aliphatic heterocycles. The number of benzene rings is 1. The Morgan fingerprint density at radius 1 is 1.35 bits per heavy atom. The van der Waals surface area contributed by atoms with Gasteiger partial charge in [0, 0.05) is 18.4 Å². The standard InChI is InChI=1S/C13H14BrClFN3O/c14-9-7-12-11(8-10(9)16)17-13(1-2-15)19(12)18-3-5-20-6-4-18/h7-8H,1-6H2. The number of morpholine rings is 1. The van der Waals surface area contributed by atoms with Crippen LogP contribution in [-0.2, 0) is 11.2 Å².